The molecule has 0 aliphatic carbocycles. The quantitative estimate of drug-likeness (QED) is 0.726. The first-order valence-corrected chi connectivity index (χ1v) is 4.39. The van der Waals surface area contributed by atoms with E-state index in [1.54, 1.807) is 6.20 Å². The van der Waals surface area contributed by atoms with E-state index < -0.39 is 5.97 Å². The smallest absolute Gasteiger partial charge is 0.360 e. The van der Waals surface area contributed by atoms with E-state index in [0.717, 1.165) is 0 Å². The molecule has 78 valence electrons. The summed E-state index contributed by atoms with van der Waals surface area (Å²) in [4.78, 5) is 19.1. The molecule has 2 N–H and O–H groups in total. The van der Waals surface area contributed by atoms with E-state index in [2.05, 4.69) is 14.7 Å². The zero-order valence-electron chi connectivity index (χ0n) is 7.77. The summed E-state index contributed by atoms with van der Waals surface area (Å²) in [7, 11) is 1.25. The SMILES string of the molecule is COC(=O)c1nc(Cl)c2nccn2c1N. The highest BCUT2D eigenvalue weighted by Gasteiger charge is 2.17. The van der Waals surface area contributed by atoms with Gasteiger partial charge in [0.1, 0.15) is 5.82 Å². The van der Waals surface area contributed by atoms with Gasteiger partial charge in [0.2, 0.25) is 0 Å². The highest BCUT2D eigenvalue weighted by molar-refractivity contribution is 6.32. The van der Waals surface area contributed by atoms with Crippen LogP contribution in [0.2, 0.25) is 5.15 Å². The molecular formula is C8H7ClN4O2. The summed E-state index contributed by atoms with van der Waals surface area (Å²) >= 11 is 5.82. The fourth-order valence-corrected chi connectivity index (χ4v) is 1.44. The zero-order chi connectivity index (χ0) is 11.0. The van der Waals surface area contributed by atoms with Gasteiger partial charge in [0.05, 0.1) is 7.11 Å². The Morgan fingerprint density at radius 3 is 3.07 bits per heavy atom. The molecule has 0 aliphatic rings. The van der Waals surface area contributed by atoms with Gasteiger partial charge < -0.3 is 10.5 Å². The lowest BCUT2D eigenvalue weighted by molar-refractivity contribution is 0.0595. The van der Waals surface area contributed by atoms with Gasteiger partial charge in [-0.2, -0.15) is 0 Å². The summed E-state index contributed by atoms with van der Waals surface area (Å²) in [5.41, 5.74) is 6.09. The van der Waals surface area contributed by atoms with Gasteiger partial charge in [0.25, 0.3) is 0 Å². The Morgan fingerprint density at radius 1 is 1.67 bits per heavy atom. The monoisotopic (exact) mass is 226 g/mol. The molecule has 2 aromatic rings. The summed E-state index contributed by atoms with van der Waals surface area (Å²) in [6.45, 7) is 0. The molecule has 0 aliphatic heterocycles. The van der Waals surface area contributed by atoms with Crippen molar-refractivity contribution in [2.45, 2.75) is 0 Å². The van der Waals surface area contributed by atoms with E-state index in [1.807, 2.05) is 0 Å². The van der Waals surface area contributed by atoms with Gasteiger partial charge >= 0.3 is 5.97 Å². The maximum Gasteiger partial charge on any atom is 0.360 e. The van der Waals surface area contributed by atoms with E-state index in [9.17, 15) is 4.79 Å². The standard InChI is InChI=1S/C8H7ClN4O2/c1-15-8(14)4-6(10)13-3-2-11-7(13)5(9)12-4/h2-3H,10H2,1H3. The third kappa shape index (κ3) is 1.39. The van der Waals surface area contributed by atoms with E-state index in [-0.39, 0.29) is 16.7 Å². The van der Waals surface area contributed by atoms with Crippen LogP contribution in [-0.2, 0) is 4.74 Å². The van der Waals surface area contributed by atoms with Crippen LogP contribution in [0.25, 0.3) is 5.65 Å². The fourth-order valence-electron chi connectivity index (χ4n) is 1.22. The van der Waals surface area contributed by atoms with E-state index >= 15 is 0 Å². The fraction of sp³-hybridized carbons (Fsp3) is 0.125. The number of hydrogen-bond acceptors (Lipinski definition) is 5. The molecule has 0 atom stereocenters. The molecule has 0 aromatic carbocycles. The highest BCUT2D eigenvalue weighted by Crippen LogP contribution is 2.19. The van der Waals surface area contributed by atoms with Crippen molar-refractivity contribution in [3.63, 3.8) is 0 Å². The molecule has 2 heterocycles. The van der Waals surface area contributed by atoms with Crippen molar-refractivity contribution < 1.29 is 9.53 Å². The predicted molar refractivity (Wildman–Crippen MR) is 53.7 cm³/mol. The highest BCUT2D eigenvalue weighted by atomic mass is 35.5. The van der Waals surface area contributed by atoms with Crippen LogP contribution < -0.4 is 5.73 Å². The molecule has 0 spiro atoms. The Bertz CT molecular complexity index is 537. The Kier molecular flexibility index (Phi) is 2.20. The third-order valence-electron chi connectivity index (χ3n) is 1.92. The van der Waals surface area contributed by atoms with Crippen LogP contribution in [0.1, 0.15) is 10.5 Å². The number of carbonyl (C=O) groups is 1. The minimum atomic E-state index is -0.634. The third-order valence-corrected chi connectivity index (χ3v) is 2.17. The molecule has 6 nitrogen and oxygen atoms in total. The summed E-state index contributed by atoms with van der Waals surface area (Å²) in [5.74, 6) is -0.483. The number of carbonyl (C=O) groups excluding carboxylic acids is 1. The molecule has 0 amide bonds. The van der Waals surface area contributed by atoms with Crippen LogP contribution in [0.3, 0.4) is 0 Å². The molecule has 15 heavy (non-hydrogen) atoms. The average Bonchev–Trinajstić information content (AvgIpc) is 2.71. The number of methoxy groups -OCH3 is 1. The van der Waals surface area contributed by atoms with Crippen LogP contribution in [0.15, 0.2) is 12.4 Å². The Hall–Kier alpha value is -1.82. The van der Waals surface area contributed by atoms with E-state index in [1.165, 1.54) is 17.7 Å². The molecule has 0 unspecified atom stereocenters. The van der Waals surface area contributed by atoms with Crippen molar-refractivity contribution in [2.24, 2.45) is 0 Å². The second-order valence-electron chi connectivity index (χ2n) is 2.75. The number of imidazole rings is 1. The van der Waals surface area contributed by atoms with Gasteiger partial charge in [-0.1, -0.05) is 11.6 Å². The van der Waals surface area contributed by atoms with E-state index in [4.69, 9.17) is 17.3 Å². The number of nitrogen functional groups attached to an aromatic ring is 1. The number of hydrogen-bond donors (Lipinski definition) is 1. The van der Waals surface area contributed by atoms with Crippen molar-refractivity contribution in [1.82, 2.24) is 14.4 Å². The largest absolute Gasteiger partial charge is 0.464 e. The molecule has 2 rings (SSSR count). The number of fused-ring (bicyclic) bond motifs is 1. The Labute approximate surface area is 89.6 Å². The van der Waals surface area contributed by atoms with Crippen LogP contribution in [0, 0.1) is 0 Å². The number of aromatic nitrogens is 3. The first-order valence-electron chi connectivity index (χ1n) is 4.01. The zero-order valence-corrected chi connectivity index (χ0v) is 8.52. The first-order chi connectivity index (χ1) is 7.15. The molecule has 0 saturated carbocycles. The lowest BCUT2D eigenvalue weighted by Crippen LogP contribution is -2.12. The van der Waals surface area contributed by atoms with Crippen LogP contribution in [0.4, 0.5) is 5.82 Å². The van der Waals surface area contributed by atoms with Crippen molar-refractivity contribution in [3.8, 4) is 0 Å². The molecule has 0 radical (unpaired) electrons. The minimum Gasteiger partial charge on any atom is -0.464 e. The summed E-state index contributed by atoms with van der Waals surface area (Å²) in [6, 6.07) is 0. The number of nitrogens with zero attached hydrogens (tertiary/aromatic N) is 3. The molecular weight excluding hydrogens is 220 g/mol. The number of rotatable bonds is 1. The average molecular weight is 227 g/mol. The Morgan fingerprint density at radius 2 is 2.40 bits per heavy atom. The summed E-state index contributed by atoms with van der Waals surface area (Å²) < 4.78 is 6.00. The predicted octanol–water partition coefficient (Wildman–Crippen LogP) is 0.751. The minimum absolute atomic E-state index is 0.0204. The van der Waals surface area contributed by atoms with Crippen LogP contribution in [0.5, 0.6) is 0 Å². The Balaban J connectivity index is 2.76. The lowest BCUT2D eigenvalue weighted by Gasteiger charge is -2.05. The van der Waals surface area contributed by atoms with Gasteiger partial charge in [-0.05, 0) is 0 Å². The molecule has 2 aromatic heterocycles. The number of anilines is 1. The molecule has 0 fully saturated rings. The van der Waals surface area contributed by atoms with Crippen molar-refractivity contribution in [2.75, 3.05) is 12.8 Å². The number of ether oxygens (including phenoxy) is 1. The molecule has 0 bridgehead atoms. The van der Waals surface area contributed by atoms with Gasteiger partial charge in [-0.15, -0.1) is 0 Å². The summed E-state index contributed by atoms with van der Waals surface area (Å²) in [5, 5.41) is 0.106. The van der Waals surface area contributed by atoms with Crippen molar-refractivity contribution in [1.29, 1.82) is 0 Å². The summed E-state index contributed by atoms with van der Waals surface area (Å²) in [6.07, 6.45) is 3.10. The second kappa shape index (κ2) is 3.39. The molecule has 7 heteroatoms. The maximum atomic E-state index is 11.3. The topological polar surface area (TPSA) is 82.5 Å². The van der Waals surface area contributed by atoms with Crippen LogP contribution in [-0.4, -0.2) is 27.4 Å². The van der Waals surface area contributed by atoms with Crippen LogP contribution >= 0.6 is 11.6 Å². The van der Waals surface area contributed by atoms with E-state index in [0.29, 0.717) is 5.65 Å². The van der Waals surface area contributed by atoms with Gasteiger partial charge in [-0.25, -0.2) is 14.8 Å². The maximum absolute atomic E-state index is 11.3. The van der Waals surface area contributed by atoms with Crippen molar-refractivity contribution >= 4 is 29.0 Å². The van der Waals surface area contributed by atoms with Gasteiger partial charge in [0, 0.05) is 12.4 Å². The first kappa shape index (κ1) is 9.72. The van der Waals surface area contributed by atoms with Gasteiger partial charge in [-0.3, -0.25) is 4.40 Å². The number of halogens is 1. The molecule has 0 saturated heterocycles. The lowest BCUT2D eigenvalue weighted by atomic mass is 10.4. The number of esters is 1. The van der Waals surface area contributed by atoms with Crippen molar-refractivity contribution in [3.05, 3.63) is 23.2 Å². The second-order valence-corrected chi connectivity index (χ2v) is 3.11. The normalized spacial score (nSPS) is 10.5. The number of nitrogens with two attached hydrogens (primary N) is 1. The van der Waals surface area contributed by atoms with Gasteiger partial charge in [0.15, 0.2) is 16.5 Å².